The van der Waals surface area contributed by atoms with Crippen LogP contribution >= 0.6 is 23.2 Å². The number of aryl methyl sites for hydroxylation is 1. The van der Waals surface area contributed by atoms with E-state index in [0.717, 1.165) is 9.87 Å². The Morgan fingerprint density at radius 1 is 0.976 bits per heavy atom. The molecule has 2 amide bonds. The summed E-state index contributed by atoms with van der Waals surface area (Å²) < 4.78 is 34.6. The van der Waals surface area contributed by atoms with Crippen LogP contribution in [0.25, 0.3) is 0 Å². The lowest BCUT2D eigenvalue weighted by Crippen LogP contribution is -2.52. The molecule has 0 aromatic heterocycles. The third-order valence-electron chi connectivity index (χ3n) is 6.65. The number of methoxy groups -OCH3 is 1. The first kappa shape index (κ1) is 33.2. The fourth-order valence-corrected chi connectivity index (χ4v) is 6.11. The largest absolute Gasteiger partial charge is 0.495 e. The first-order valence-electron chi connectivity index (χ1n) is 13.6. The topological polar surface area (TPSA) is 96.0 Å². The van der Waals surface area contributed by atoms with Gasteiger partial charge >= 0.3 is 0 Å². The van der Waals surface area contributed by atoms with Crippen molar-refractivity contribution in [2.24, 2.45) is 5.92 Å². The molecule has 3 aromatic rings. The summed E-state index contributed by atoms with van der Waals surface area (Å²) >= 11 is 12.4. The van der Waals surface area contributed by atoms with Crippen molar-refractivity contribution in [1.29, 1.82) is 0 Å². The lowest BCUT2D eigenvalue weighted by Gasteiger charge is -2.33. The molecule has 226 valence electrons. The van der Waals surface area contributed by atoms with E-state index in [0.29, 0.717) is 28.6 Å². The molecule has 0 aliphatic rings. The first-order chi connectivity index (χ1) is 19.9. The van der Waals surface area contributed by atoms with Gasteiger partial charge in [-0.1, -0.05) is 79.9 Å². The highest BCUT2D eigenvalue weighted by Gasteiger charge is 2.34. The third-order valence-corrected chi connectivity index (χ3v) is 9.16. The Kier molecular flexibility index (Phi) is 11.7. The van der Waals surface area contributed by atoms with Crippen molar-refractivity contribution in [3.05, 3.63) is 87.9 Å². The summed E-state index contributed by atoms with van der Waals surface area (Å²) in [4.78, 5) is 28.9. The maximum Gasteiger partial charge on any atom is 0.264 e. The summed E-state index contributed by atoms with van der Waals surface area (Å²) in [6.45, 7) is 7.46. The van der Waals surface area contributed by atoms with Crippen LogP contribution in [0.4, 0.5) is 5.69 Å². The number of ether oxygens (including phenoxy) is 1. The number of amides is 2. The normalized spacial score (nSPS) is 12.1. The zero-order valence-electron chi connectivity index (χ0n) is 24.4. The molecule has 8 nitrogen and oxygen atoms in total. The highest BCUT2D eigenvalue weighted by Crippen LogP contribution is 2.33. The van der Waals surface area contributed by atoms with Gasteiger partial charge in [-0.25, -0.2) is 8.42 Å². The first-order valence-corrected chi connectivity index (χ1v) is 15.8. The van der Waals surface area contributed by atoms with E-state index < -0.39 is 28.5 Å². The van der Waals surface area contributed by atoms with Crippen LogP contribution in [0, 0.1) is 12.8 Å². The van der Waals surface area contributed by atoms with Gasteiger partial charge in [0.05, 0.1) is 27.7 Å². The molecule has 0 aliphatic heterocycles. The molecular formula is C31H37Cl2N3O5S. The standard InChI is InChI=1S/C31H37Cl2N3O5S/c1-6-27(31(38)34-18-21(2)3)35(19-23-13-16-25(32)26(33)17-23)30(37)20-36(28-9-7-8-10-29(28)41-5)42(39,40)24-14-11-22(4)12-15-24/h7-17,21,27H,6,18-20H2,1-5H3,(H,34,38). The molecule has 0 saturated heterocycles. The van der Waals surface area contributed by atoms with Gasteiger partial charge in [0.15, 0.2) is 0 Å². The predicted molar refractivity (Wildman–Crippen MR) is 168 cm³/mol. The lowest BCUT2D eigenvalue weighted by atomic mass is 10.1. The Balaban J connectivity index is 2.10. The second kappa shape index (κ2) is 14.8. The molecule has 11 heteroatoms. The number of halogens is 2. The highest BCUT2D eigenvalue weighted by molar-refractivity contribution is 7.92. The lowest BCUT2D eigenvalue weighted by molar-refractivity contribution is -0.140. The molecule has 0 radical (unpaired) electrons. The number of benzene rings is 3. The average Bonchev–Trinajstić information content (AvgIpc) is 2.96. The van der Waals surface area contributed by atoms with Crippen molar-refractivity contribution in [2.45, 2.75) is 51.6 Å². The Morgan fingerprint density at radius 3 is 2.24 bits per heavy atom. The van der Waals surface area contributed by atoms with Crippen LogP contribution < -0.4 is 14.4 Å². The van der Waals surface area contributed by atoms with Crippen LogP contribution in [0.3, 0.4) is 0 Å². The molecule has 0 heterocycles. The molecule has 42 heavy (non-hydrogen) atoms. The number of rotatable bonds is 13. The molecule has 0 spiro atoms. The summed E-state index contributed by atoms with van der Waals surface area (Å²) in [5.74, 6) is -0.427. The van der Waals surface area contributed by atoms with Crippen molar-refractivity contribution in [2.75, 3.05) is 24.5 Å². The van der Waals surface area contributed by atoms with E-state index in [1.807, 2.05) is 20.8 Å². The molecule has 1 N–H and O–H groups in total. The number of hydrogen-bond donors (Lipinski definition) is 1. The maximum absolute atomic E-state index is 14.2. The van der Waals surface area contributed by atoms with Gasteiger partial charge in [0.2, 0.25) is 11.8 Å². The molecule has 0 aliphatic carbocycles. The number of anilines is 1. The number of hydrogen-bond acceptors (Lipinski definition) is 5. The van der Waals surface area contributed by atoms with E-state index >= 15 is 0 Å². The summed E-state index contributed by atoms with van der Waals surface area (Å²) in [5.41, 5.74) is 1.72. The minimum absolute atomic E-state index is 0.00761. The van der Waals surface area contributed by atoms with Crippen molar-refractivity contribution in [3.63, 3.8) is 0 Å². The molecule has 1 atom stereocenters. The van der Waals surface area contributed by atoms with E-state index in [2.05, 4.69) is 5.32 Å². The number of nitrogens with zero attached hydrogens (tertiary/aromatic N) is 2. The monoisotopic (exact) mass is 633 g/mol. The zero-order valence-corrected chi connectivity index (χ0v) is 26.8. The van der Waals surface area contributed by atoms with Crippen LogP contribution in [-0.4, -0.2) is 51.4 Å². The molecule has 0 saturated carbocycles. The third kappa shape index (κ3) is 8.18. The van der Waals surface area contributed by atoms with Crippen LogP contribution in [-0.2, 0) is 26.2 Å². The van der Waals surface area contributed by atoms with Crippen LogP contribution in [0.2, 0.25) is 10.0 Å². The van der Waals surface area contributed by atoms with Gasteiger partial charge in [-0.2, -0.15) is 0 Å². The number of nitrogens with one attached hydrogen (secondary N) is 1. The van der Waals surface area contributed by atoms with Gasteiger partial charge < -0.3 is 15.0 Å². The number of sulfonamides is 1. The van der Waals surface area contributed by atoms with Crippen molar-refractivity contribution in [3.8, 4) is 5.75 Å². The van der Waals surface area contributed by atoms with E-state index in [1.54, 1.807) is 61.5 Å². The summed E-state index contributed by atoms with van der Waals surface area (Å²) in [6.07, 6.45) is 0.302. The number of carbonyl (C=O) groups excluding carboxylic acids is 2. The quantitative estimate of drug-likeness (QED) is 0.246. The highest BCUT2D eigenvalue weighted by atomic mass is 35.5. The number of carbonyl (C=O) groups is 2. The van der Waals surface area contributed by atoms with Gasteiger partial charge in [-0.15, -0.1) is 0 Å². The van der Waals surface area contributed by atoms with Crippen molar-refractivity contribution >= 4 is 50.7 Å². The Labute approximate surface area is 258 Å². The van der Waals surface area contributed by atoms with Crippen LogP contribution in [0.1, 0.15) is 38.3 Å². The minimum Gasteiger partial charge on any atom is -0.495 e. The number of para-hydroxylation sites is 2. The second-order valence-electron chi connectivity index (χ2n) is 10.3. The summed E-state index contributed by atoms with van der Waals surface area (Å²) in [7, 11) is -2.79. The van der Waals surface area contributed by atoms with E-state index in [4.69, 9.17) is 27.9 Å². The van der Waals surface area contributed by atoms with Gasteiger partial charge in [-0.05, 0) is 61.2 Å². The van der Waals surface area contributed by atoms with Crippen molar-refractivity contribution < 1.29 is 22.7 Å². The molecule has 3 aromatic carbocycles. The SMILES string of the molecule is CCC(C(=O)NCC(C)C)N(Cc1ccc(Cl)c(Cl)c1)C(=O)CN(c1ccccc1OC)S(=O)(=O)c1ccc(C)cc1. The molecular weight excluding hydrogens is 597 g/mol. The van der Waals surface area contributed by atoms with Crippen molar-refractivity contribution in [1.82, 2.24) is 10.2 Å². The molecule has 0 fully saturated rings. The Hall–Kier alpha value is -3.27. The van der Waals surface area contributed by atoms with Crippen LogP contribution in [0.5, 0.6) is 5.75 Å². The van der Waals surface area contributed by atoms with Crippen LogP contribution in [0.15, 0.2) is 71.6 Å². The fraction of sp³-hybridized carbons (Fsp3) is 0.355. The van der Waals surface area contributed by atoms with E-state index in [9.17, 15) is 18.0 Å². The minimum atomic E-state index is -4.22. The Bertz CT molecular complexity index is 1500. The fourth-order valence-electron chi connectivity index (χ4n) is 4.36. The molecule has 1 unspecified atom stereocenters. The van der Waals surface area contributed by atoms with Gasteiger partial charge in [-0.3, -0.25) is 13.9 Å². The summed E-state index contributed by atoms with van der Waals surface area (Å²) in [6, 6.07) is 17.1. The zero-order chi connectivity index (χ0) is 31.0. The molecule has 0 bridgehead atoms. The van der Waals surface area contributed by atoms with Gasteiger partial charge in [0.1, 0.15) is 18.3 Å². The van der Waals surface area contributed by atoms with Gasteiger partial charge in [0, 0.05) is 13.1 Å². The Morgan fingerprint density at radius 2 is 1.64 bits per heavy atom. The van der Waals surface area contributed by atoms with E-state index in [1.165, 1.54) is 24.1 Å². The second-order valence-corrected chi connectivity index (χ2v) is 13.0. The summed E-state index contributed by atoms with van der Waals surface area (Å²) in [5, 5.41) is 3.56. The molecule has 3 rings (SSSR count). The average molecular weight is 635 g/mol. The predicted octanol–water partition coefficient (Wildman–Crippen LogP) is 6.09. The smallest absolute Gasteiger partial charge is 0.264 e. The van der Waals surface area contributed by atoms with E-state index in [-0.39, 0.29) is 34.7 Å². The van der Waals surface area contributed by atoms with Gasteiger partial charge in [0.25, 0.3) is 10.0 Å². The maximum atomic E-state index is 14.2.